The maximum absolute atomic E-state index is 12.6. The summed E-state index contributed by atoms with van der Waals surface area (Å²) in [5.74, 6) is -0.187. The number of pyridine rings is 1. The highest BCUT2D eigenvalue weighted by molar-refractivity contribution is 7.92. The highest BCUT2D eigenvalue weighted by Gasteiger charge is 2.17. The van der Waals surface area contributed by atoms with Crippen molar-refractivity contribution in [1.82, 2.24) is 24.7 Å². The zero-order chi connectivity index (χ0) is 25.2. The van der Waals surface area contributed by atoms with E-state index in [1.54, 1.807) is 18.2 Å². The van der Waals surface area contributed by atoms with Crippen LogP contribution in [-0.2, 0) is 21.2 Å². The number of amides is 1. The minimum absolute atomic E-state index is 0.0142. The molecule has 4 rings (SSSR count). The van der Waals surface area contributed by atoms with Crippen LogP contribution in [0.25, 0.3) is 11.0 Å². The van der Waals surface area contributed by atoms with E-state index in [0.29, 0.717) is 12.1 Å². The van der Waals surface area contributed by atoms with E-state index >= 15 is 0 Å². The number of hydrogen-bond donors (Lipinski definition) is 2. The Kier molecular flexibility index (Phi) is 6.79. The number of nitrogens with one attached hydrogen (secondary N) is 2. The minimum Gasteiger partial charge on any atom is -0.326 e. The quantitative estimate of drug-likeness (QED) is 0.382. The van der Waals surface area contributed by atoms with Gasteiger partial charge in [0.1, 0.15) is 0 Å². The second-order valence-electron chi connectivity index (χ2n) is 8.47. The van der Waals surface area contributed by atoms with Crippen molar-refractivity contribution in [2.75, 3.05) is 10.0 Å². The molecule has 0 fully saturated rings. The van der Waals surface area contributed by atoms with Crippen molar-refractivity contribution in [2.24, 2.45) is 0 Å². The third-order valence-electron chi connectivity index (χ3n) is 5.67. The Bertz CT molecular complexity index is 1460. The average Bonchev–Trinajstić information content (AvgIpc) is 3.24. The molecular weight excluding hydrogens is 466 g/mol. The molecule has 4 aromatic rings. The van der Waals surface area contributed by atoms with E-state index in [4.69, 9.17) is 4.98 Å². The van der Waals surface area contributed by atoms with Gasteiger partial charge in [-0.25, -0.2) is 32.8 Å². The number of carbonyl (C=O) groups is 1. The molecule has 0 unspecified atom stereocenters. The third-order valence-corrected chi connectivity index (χ3v) is 7.01. The molecule has 0 aliphatic heterocycles. The highest BCUT2D eigenvalue weighted by Crippen LogP contribution is 2.25. The van der Waals surface area contributed by atoms with Crippen molar-refractivity contribution in [3.63, 3.8) is 0 Å². The van der Waals surface area contributed by atoms with Gasteiger partial charge in [0.05, 0.1) is 11.1 Å². The summed E-state index contributed by atoms with van der Waals surface area (Å²) in [6.07, 6.45) is 5.51. The standard InChI is InChI=1S/C24H27N7O3S/c1-15(2)31-23-21(14-27-31)16(3)20(17(4)28-23)10-11-22(32)29-18-6-8-19(9-7-18)35(33,34)30-24-25-12-5-13-26-24/h5-9,12-15H,10-11H2,1-4H3,(H,29,32)(H,25,26,30). The summed E-state index contributed by atoms with van der Waals surface area (Å²) < 4.78 is 29.2. The summed E-state index contributed by atoms with van der Waals surface area (Å²) >= 11 is 0. The monoisotopic (exact) mass is 493 g/mol. The van der Waals surface area contributed by atoms with E-state index in [1.165, 1.54) is 24.5 Å². The van der Waals surface area contributed by atoms with E-state index in [-0.39, 0.29) is 29.2 Å². The fraction of sp³-hybridized carbons (Fsp3) is 0.292. The number of fused-ring (bicyclic) bond motifs is 1. The SMILES string of the molecule is Cc1nc2c(cnn2C(C)C)c(C)c1CCC(=O)Nc1ccc(S(=O)(=O)Nc2ncccn2)cc1. The number of anilines is 2. The van der Waals surface area contributed by atoms with Crippen molar-refractivity contribution >= 4 is 38.6 Å². The van der Waals surface area contributed by atoms with Crippen LogP contribution in [0.4, 0.5) is 11.6 Å². The van der Waals surface area contributed by atoms with Crippen molar-refractivity contribution < 1.29 is 13.2 Å². The van der Waals surface area contributed by atoms with Gasteiger partial charge in [-0.1, -0.05) is 0 Å². The lowest BCUT2D eigenvalue weighted by Crippen LogP contribution is -2.16. The molecule has 0 saturated carbocycles. The van der Waals surface area contributed by atoms with Crippen molar-refractivity contribution in [1.29, 1.82) is 0 Å². The van der Waals surface area contributed by atoms with E-state index in [1.807, 2.05) is 24.7 Å². The van der Waals surface area contributed by atoms with Gasteiger partial charge in [0.15, 0.2) is 5.65 Å². The summed E-state index contributed by atoms with van der Waals surface area (Å²) in [6, 6.07) is 7.72. The number of rotatable bonds is 8. The van der Waals surface area contributed by atoms with Crippen LogP contribution in [0, 0.1) is 13.8 Å². The molecule has 0 aliphatic rings. The Morgan fingerprint density at radius 2 is 1.77 bits per heavy atom. The molecule has 0 saturated heterocycles. The molecule has 0 atom stereocenters. The zero-order valence-corrected chi connectivity index (χ0v) is 20.8. The van der Waals surface area contributed by atoms with Crippen LogP contribution in [0.3, 0.4) is 0 Å². The molecule has 1 aromatic carbocycles. The van der Waals surface area contributed by atoms with Gasteiger partial charge in [-0.3, -0.25) is 4.79 Å². The molecule has 11 heteroatoms. The Balaban J connectivity index is 1.41. The Hall–Kier alpha value is -3.86. The molecule has 3 aromatic heterocycles. The Morgan fingerprint density at radius 1 is 1.09 bits per heavy atom. The molecule has 2 N–H and O–H groups in total. The molecule has 182 valence electrons. The van der Waals surface area contributed by atoms with Crippen LogP contribution in [0.1, 0.15) is 43.1 Å². The number of aryl methyl sites for hydroxylation is 2. The van der Waals surface area contributed by atoms with E-state index in [9.17, 15) is 13.2 Å². The van der Waals surface area contributed by atoms with Crippen LogP contribution < -0.4 is 10.0 Å². The molecule has 1 amide bonds. The summed E-state index contributed by atoms with van der Waals surface area (Å²) in [5.41, 5.74) is 4.36. The Labute approximate surface area is 203 Å². The van der Waals surface area contributed by atoms with Crippen LogP contribution in [0.15, 0.2) is 53.8 Å². The molecule has 35 heavy (non-hydrogen) atoms. The normalized spacial score (nSPS) is 11.7. The fourth-order valence-electron chi connectivity index (χ4n) is 3.85. The third kappa shape index (κ3) is 5.29. The lowest BCUT2D eigenvalue weighted by molar-refractivity contribution is -0.116. The molecule has 0 spiro atoms. The number of sulfonamides is 1. The first-order chi connectivity index (χ1) is 16.7. The van der Waals surface area contributed by atoms with E-state index in [2.05, 4.69) is 39.0 Å². The number of hydrogen-bond acceptors (Lipinski definition) is 7. The summed E-state index contributed by atoms with van der Waals surface area (Å²) in [5, 5.41) is 8.27. The van der Waals surface area contributed by atoms with Gasteiger partial charge in [-0.15, -0.1) is 0 Å². The van der Waals surface area contributed by atoms with Gasteiger partial charge in [0, 0.05) is 41.6 Å². The number of aromatic nitrogens is 5. The first kappa shape index (κ1) is 24.3. The summed E-state index contributed by atoms with van der Waals surface area (Å²) in [7, 11) is -3.84. The van der Waals surface area contributed by atoms with Gasteiger partial charge in [0.25, 0.3) is 10.0 Å². The van der Waals surface area contributed by atoms with Gasteiger partial charge < -0.3 is 5.32 Å². The van der Waals surface area contributed by atoms with E-state index in [0.717, 1.165) is 27.9 Å². The second kappa shape index (κ2) is 9.79. The molecule has 0 bridgehead atoms. The topological polar surface area (TPSA) is 132 Å². The Morgan fingerprint density at radius 3 is 2.43 bits per heavy atom. The molecule has 10 nitrogen and oxygen atoms in total. The second-order valence-corrected chi connectivity index (χ2v) is 10.2. The van der Waals surface area contributed by atoms with Crippen molar-refractivity contribution in [3.05, 3.63) is 65.7 Å². The maximum atomic E-state index is 12.6. The molecule has 0 radical (unpaired) electrons. The summed E-state index contributed by atoms with van der Waals surface area (Å²) in [6.45, 7) is 8.11. The molecular formula is C24H27N7O3S. The van der Waals surface area contributed by atoms with Crippen LogP contribution in [0.2, 0.25) is 0 Å². The van der Waals surface area contributed by atoms with Crippen LogP contribution in [0.5, 0.6) is 0 Å². The van der Waals surface area contributed by atoms with Crippen LogP contribution in [-0.4, -0.2) is 39.1 Å². The number of carbonyl (C=O) groups excluding carboxylic acids is 1. The fourth-order valence-corrected chi connectivity index (χ4v) is 4.81. The van der Waals surface area contributed by atoms with Crippen molar-refractivity contribution in [2.45, 2.75) is 51.5 Å². The maximum Gasteiger partial charge on any atom is 0.264 e. The lowest BCUT2D eigenvalue weighted by Gasteiger charge is -2.13. The predicted molar refractivity (Wildman–Crippen MR) is 134 cm³/mol. The smallest absolute Gasteiger partial charge is 0.264 e. The van der Waals surface area contributed by atoms with Crippen LogP contribution >= 0.6 is 0 Å². The van der Waals surface area contributed by atoms with Gasteiger partial charge in [-0.05, 0) is 75.6 Å². The zero-order valence-electron chi connectivity index (χ0n) is 20.0. The first-order valence-corrected chi connectivity index (χ1v) is 12.7. The molecule has 3 heterocycles. The van der Waals surface area contributed by atoms with Gasteiger partial charge in [0.2, 0.25) is 11.9 Å². The number of nitrogens with zero attached hydrogens (tertiary/aromatic N) is 5. The highest BCUT2D eigenvalue weighted by atomic mass is 32.2. The summed E-state index contributed by atoms with van der Waals surface area (Å²) in [4.78, 5) is 25.1. The van der Waals surface area contributed by atoms with Gasteiger partial charge in [-0.2, -0.15) is 5.10 Å². The minimum atomic E-state index is -3.84. The van der Waals surface area contributed by atoms with E-state index < -0.39 is 10.0 Å². The average molecular weight is 494 g/mol. The lowest BCUT2D eigenvalue weighted by atomic mass is 10.0. The van der Waals surface area contributed by atoms with Gasteiger partial charge >= 0.3 is 0 Å². The first-order valence-electron chi connectivity index (χ1n) is 11.2. The predicted octanol–water partition coefficient (Wildman–Crippen LogP) is 3.79. The number of benzene rings is 1. The largest absolute Gasteiger partial charge is 0.326 e. The molecule has 0 aliphatic carbocycles. The van der Waals surface area contributed by atoms with Crippen molar-refractivity contribution in [3.8, 4) is 0 Å².